The largest absolute Gasteiger partial charge is 0.384 e. The van der Waals surface area contributed by atoms with Gasteiger partial charge in [0.1, 0.15) is 5.82 Å². The minimum absolute atomic E-state index is 0.284. The van der Waals surface area contributed by atoms with Gasteiger partial charge in [0, 0.05) is 11.6 Å². The van der Waals surface area contributed by atoms with Crippen molar-refractivity contribution in [3.63, 3.8) is 0 Å². The van der Waals surface area contributed by atoms with Gasteiger partial charge in [-0.2, -0.15) is 9.78 Å². The van der Waals surface area contributed by atoms with Gasteiger partial charge in [0.15, 0.2) is 5.82 Å². The molecule has 0 radical (unpaired) electrons. The molecule has 0 bridgehead atoms. The number of nitrogens with two attached hydrogens (primary N) is 1. The van der Waals surface area contributed by atoms with Gasteiger partial charge in [0.25, 0.3) is 0 Å². The molecule has 5 heteroatoms. The molecule has 1 aromatic heterocycles. The lowest BCUT2D eigenvalue weighted by Gasteiger charge is -2.02. The van der Waals surface area contributed by atoms with Crippen LogP contribution in [0.25, 0.3) is 17.1 Å². The Morgan fingerprint density at radius 1 is 1.44 bits per heavy atom. The number of nitrogens with zero attached hydrogens (tertiary/aromatic N) is 3. The van der Waals surface area contributed by atoms with Crippen molar-refractivity contribution in [1.29, 1.82) is 0 Å². The number of halogens is 1. The van der Waals surface area contributed by atoms with E-state index < -0.39 is 0 Å². The Morgan fingerprint density at radius 2 is 2.17 bits per heavy atom. The van der Waals surface area contributed by atoms with E-state index in [-0.39, 0.29) is 5.82 Å². The molecule has 0 unspecified atom stereocenters. The fourth-order valence-corrected chi connectivity index (χ4v) is 1.99. The van der Waals surface area contributed by atoms with Crippen molar-refractivity contribution in [2.45, 2.75) is 6.92 Å². The van der Waals surface area contributed by atoms with Crippen molar-refractivity contribution in [3.8, 4) is 11.3 Å². The fourth-order valence-electron chi connectivity index (χ4n) is 1.65. The van der Waals surface area contributed by atoms with Crippen LogP contribution in [0, 0.1) is 6.92 Å². The number of hydrogen-bond donors (Lipinski definition) is 1. The van der Waals surface area contributed by atoms with E-state index >= 15 is 0 Å². The molecule has 0 spiro atoms. The van der Waals surface area contributed by atoms with E-state index in [9.17, 15) is 0 Å². The summed E-state index contributed by atoms with van der Waals surface area (Å²) >= 11 is 6.20. The first-order valence-electron chi connectivity index (χ1n) is 5.31. The molecule has 4 nitrogen and oxygen atoms in total. The zero-order valence-corrected chi connectivity index (χ0v) is 10.8. The van der Waals surface area contributed by atoms with Crippen molar-refractivity contribution in [2.24, 2.45) is 10.7 Å². The van der Waals surface area contributed by atoms with Crippen LogP contribution in [0.1, 0.15) is 5.56 Å². The molecule has 0 aliphatic heterocycles. The fraction of sp³-hybridized carbons (Fsp3) is 0.0769. The molecule has 0 aliphatic rings. The SMILES string of the molecule is C=Nc1cc(-c2ccc(C)cc2Cl)nn1C(=C)N. The lowest BCUT2D eigenvalue weighted by atomic mass is 10.1. The predicted octanol–water partition coefficient (Wildman–Crippen LogP) is 3.23. The zero-order chi connectivity index (χ0) is 13.3. The Morgan fingerprint density at radius 3 is 2.67 bits per heavy atom. The topological polar surface area (TPSA) is 56.2 Å². The van der Waals surface area contributed by atoms with E-state index in [2.05, 4.69) is 23.4 Å². The van der Waals surface area contributed by atoms with Gasteiger partial charge in [-0.25, -0.2) is 4.99 Å². The summed E-state index contributed by atoms with van der Waals surface area (Å²) < 4.78 is 1.43. The van der Waals surface area contributed by atoms with Crippen LogP contribution < -0.4 is 5.73 Å². The Hall–Kier alpha value is -2.07. The quantitative estimate of drug-likeness (QED) is 0.862. The van der Waals surface area contributed by atoms with Crippen LogP contribution in [0.5, 0.6) is 0 Å². The standard InChI is InChI=1S/C13H13ClN4/c1-8-4-5-10(11(14)6-8)12-7-13(16-3)18(17-12)9(2)15/h4-7H,2-3,15H2,1H3. The maximum absolute atomic E-state index is 6.20. The molecule has 0 amide bonds. The Kier molecular flexibility index (Phi) is 3.21. The lowest BCUT2D eigenvalue weighted by molar-refractivity contribution is 0.894. The van der Waals surface area contributed by atoms with Crippen LogP contribution in [0.2, 0.25) is 5.02 Å². The first-order chi connectivity index (χ1) is 8.52. The highest BCUT2D eigenvalue weighted by atomic mass is 35.5. The second-order valence-corrected chi connectivity index (χ2v) is 4.34. The van der Waals surface area contributed by atoms with Crippen LogP contribution in [-0.4, -0.2) is 16.5 Å². The van der Waals surface area contributed by atoms with Gasteiger partial charge in [-0.1, -0.05) is 30.3 Å². The Balaban J connectivity index is 2.58. The minimum atomic E-state index is 0.284. The summed E-state index contributed by atoms with van der Waals surface area (Å²) in [6.45, 7) is 9.09. The molecule has 0 saturated carbocycles. The highest BCUT2D eigenvalue weighted by Crippen LogP contribution is 2.30. The molecule has 1 heterocycles. The first kappa shape index (κ1) is 12.4. The van der Waals surface area contributed by atoms with Crippen LogP contribution in [0.3, 0.4) is 0 Å². The number of aryl methyl sites for hydroxylation is 1. The van der Waals surface area contributed by atoms with Gasteiger partial charge in [0.2, 0.25) is 0 Å². The summed E-state index contributed by atoms with van der Waals surface area (Å²) in [4.78, 5) is 3.85. The van der Waals surface area contributed by atoms with Crippen molar-refractivity contribution < 1.29 is 0 Å². The van der Waals surface area contributed by atoms with Crippen LogP contribution in [-0.2, 0) is 0 Å². The van der Waals surface area contributed by atoms with Gasteiger partial charge >= 0.3 is 0 Å². The van der Waals surface area contributed by atoms with Crippen LogP contribution >= 0.6 is 11.6 Å². The van der Waals surface area contributed by atoms with Gasteiger partial charge in [-0.3, -0.25) is 0 Å². The normalized spacial score (nSPS) is 10.3. The minimum Gasteiger partial charge on any atom is -0.384 e. The Labute approximate surface area is 110 Å². The summed E-state index contributed by atoms with van der Waals surface area (Å²) in [5.74, 6) is 0.820. The van der Waals surface area contributed by atoms with Gasteiger partial charge < -0.3 is 5.73 Å². The number of rotatable bonds is 3. The van der Waals surface area contributed by atoms with E-state index in [1.165, 1.54) is 4.68 Å². The van der Waals surface area contributed by atoms with Gasteiger partial charge in [-0.15, -0.1) is 0 Å². The van der Waals surface area contributed by atoms with E-state index in [0.717, 1.165) is 11.1 Å². The first-order valence-corrected chi connectivity index (χ1v) is 5.69. The molecule has 0 atom stereocenters. The number of benzene rings is 1. The summed E-state index contributed by atoms with van der Waals surface area (Å²) in [6, 6.07) is 7.53. The zero-order valence-electron chi connectivity index (χ0n) is 10.0. The molecule has 1 aromatic carbocycles. The summed E-state index contributed by atoms with van der Waals surface area (Å²) in [5, 5.41) is 4.95. The average Bonchev–Trinajstić information content (AvgIpc) is 2.73. The summed E-state index contributed by atoms with van der Waals surface area (Å²) in [6.07, 6.45) is 0. The van der Waals surface area contributed by atoms with Gasteiger partial charge in [0.05, 0.1) is 10.7 Å². The van der Waals surface area contributed by atoms with Crippen LogP contribution in [0.4, 0.5) is 5.82 Å². The molecular weight excluding hydrogens is 248 g/mol. The highest BCUT2D eigenvalue weighted by molar-refractivity contribution is 6.33. The third kappa shape index (κ3) is 2.15. The molecule has 0 aliphatic carbocycles. The molecule has 92 valence electrons. The average molecular weight is 261 g/mol. The van der Waals surface area contributed by atoms with E-state index in [1.807, 2.05) is 25.1 Å². The molecule has 2 rings (SSSR count). The maximum atomic E-state index is 6.20. The second-order valence-electron chi connectivity index (χ2n) is 3.93. The molecule has 18 heavy (non-hydrogen) atoms. The second kappa shape index (κ2) is 4.66. The maximum Gasteiger partial charge on any atom is 0.157 e. The lowest BCUT2D eigenvalue weighted by Crippen LogP contribution is -2.05. The number of aromatic nitrogens is 2. The smallest absolute Gasteiger partial charge is 0.157 e. The molecular formula is C13H13ClN4. The monoisotopic (exact) mass is 260 g/mol. The Bertz CT molecular complexity index is 628. The van der Waals surface area contributed by atoms with Crippen molar-refractivity contribution in [1.82, 2.24) is 9.78 Å². The third-order valence-electron chi connectivity index (χ3n) is 2.53. The van der Waals surface area contributed by atoms with E-state index in [0.29, 0.717) is 16.5 Å². The summed E-state index contributed by atoms with van der Waals surface area (Å²) in [5.41, 5.74) is 8.24. The van der Waals surface area contributed by atoms with Crippen molar-refractivity contribution >= 4 is 30.0 Å². The summed E-state index contributed by atoms with van der Waals surface area (Å²) in [7, 11) is 0. The van der Waals surface area contributed by atoms with Crippen molar-refractivity contribution in [3.05, 3.63) is 41.4 Å². The number of aliphatic imine (C=N–C) groups is 1. The highest BCUT2D eigenvalue weighted by Gasteiger charge is 2.12. The van der Waals surface area contributed by atoms with E-state index in [1.54, 1.807) is 6.07 Å². The molecule has 2 aromatic rings. The molecule has 0 saturated heterocycles. The van der Waals surface area contributed by atoms with Crippen molar-refractivity contribution in [2.75, 3.05) is 0 Å². The predicted molar refractivity (Wildman–Crippen MR) is 76.1 cm³/mol. The third-order valence-corrected chi connectivity index (χ3v) is 2.84. The molecule has 0 fully saturated rings. The molecule has 2 N–H and O–H groups in total. The van der Waals surface area contributed by atoms with E-state index in [4.69, 9.17) is 17.3 Å². The number of hydrogen-bond acceptors (Lipinski definition) is 3. The van der Waals surface area contributed by atoms with Crippen LogP contribution in [0.15, 0.2) is 35.8 Å². The van der Waals surface area contributed by atoms with Gasteiger partial charge in [-0.05, 0) is 25.3 Å².